The zero-order valence-corrected chi connectivity index (χ0v) is 18.0. The van der Waals surface area contributed by atoms with Gasteiger partial charge in [0.2, 0.25) is 0 Å². The number of rotatable bonds is 11. The van der Waals surface area contributed by atoms with Gasteiger partial charge in [0.15, 0.2) is 0 Å². The summed E-state index contributed by atoms with van der Waals surface area (Å²) in [4.78, 5) is 4.43. The minimum absolute atomic E-state index is 0.293. The predicted molar refractivity (Wildman–Crippen MR) is 119 cm³/mol. The number of ether oxygens (including phenoxy) is 1. The fourth-order valence-electron chi connectivity index (χ4n) is 4.16. The highest BCUT2D eigenvalue weighted by molar-refractivity contribution is 5.28. The van der Waals surface area contributed by atoms with Gasteiger partial charge in [-0.15, -0.1) is 6.42 Å². The first-order chi connectivity index (χ1) is 14.6. The summed E-state index contributed by atoms with van der Waals surface area (Å²) in [7, 11) is 2.11. The fraction of sp³-hybridized carbons (Fsp3) is 0.520. The van der Waals surface area contributed by atoms with Crippen molar-refractivity contribution in [3.63, 3.8) is 0 Å². The van der Waals surface area contributed by atoms with Crippen LogP contribution in [0, 0.1) is 12.3 Å². The molecule has 1 saturated carbocycles. The quantitative estimate of drug-likeness (QED) is 0.569. The van der Waals surface area contributed by atoms with E-state index >= 15 is 0 Å². The Morgan fingerprint density at radius 2 is 2.03 bits per heavy atom. The summed E-state index contributed by atoms with van der Waals surface area (Å²) < 4.78 is 11.3. The number of likely N-dealkylation sites (N-methyl/N-ethyl adjacent to an activating group) is 1. The molecule has 0 saturated heterocycles. The second kappa shape index (κ2) is 11.8. The molecular weight excluding hydrogens is 376 g/mol. The molecule has 30 heavy (non-hydrogen) atoms. The normalized spacial score (nSPS) is 16.0. The third-order valence-corrected chi connectivity index (χ3v) is 5.72. The molecule has 1 N–H and O–H groups in total. The summed E-state index contributed by atoms with van der Waals surface area (Å²) in [5.74, 6) is 4.38. The Morgan fingerprint density at radius 3 is 2.77 bits per heavy atom. The molecule has 1 fully saturated rings. The zero-order chi connectivity index (χ0) is 21.2. The highest BCUT2D eigenvalue weighted by Gasteiger charge is 2.20. The molecule has 5 nitrogen and oxygen atoms in total. The van der Waals surface area contributed by atoms with E-state index in [2.05, 4.69) is 28.8 Å². The molecule has 0 radical (unpaired) electrons. The van der Waals surface area contributed by atoms with Crippen molar-refractivity contribution >= 4 is 0 Å². The first-order valence-electron chi connectivity index (χ1n) is 10.9. The Kier molecular flexibility index (Phi) is 8.82. The summed E-state index contributed by atoms with van der Waals surface area (Å²) in [6.45, 7) is 2.84. The maximum absolute atomic E-state index is 10.4. The van der Waals surface area contributed by atoms with Crippen molar-refractivity contribution < 1.29 is 14.3 Å². The minimum atomic E-state index is -0.502. The second-order valence-electron chi connectivity index (χ2n) is 8.27. The van der Waals surface area contributed by atoms with Gasteiger partial charge in [-0.3, -0.25) is 4.90 Å². The van der Waals surface area contributed by atoms with Crippen LogP contribution in [-0.4, -0.2) is 53.8 Å². The van der Waals surface area contributed by atoms with E-state index in [0.29, 0.717) is 38.8 Å². The number of aliphatic hydroxyl groups is 1. The summed E-state index contributed by atoms with van der Waals surface area (Å²) in [5.41, 5.74) is 1.11. The van der Waals surface area contributed by atoms with Crippen molar-refractivity contribution in [3.8, 4) is 18.1 Å². The van der Waals surface area contributed by atoms with E-state index in [4.69, 9.17) is 15.6 Å². The zero-order valence-electron chi connectivity index (χ0n) is 18.0. The largest absolute Gasteiger partial charge is 0.491 e. The maximum Gasteiger partial charge on any atom is 0.119 e. The van der Waals surface area contributed by atoms with Gasteiger partial charge in [-0.05, 0) is 49.7 Å². The van der Waals surface area contributed by atoms with Crippen molar-refractivity contribution in [2.45, 2.75) is 57.3 Å². The Balaban J connectivity index is 1.48. The van der Waals surface area contributed by atoms with Crippen molar-refractivity contribution in [1.29, 1.82) is 0 Å². The van der Waals surface area contributed by atoms with Crippen LogP contribution in [0.3, 0.4) is 0 Å². The molecule has 0 spiro atoms. The molecule has 1 aromatic carbocycles. The summed E-state index contributed by atoms with van der Waals surface area (Å²) in [6, 6.07) is 12.4. The molecule has 1 unspecified atom stereocenters. The highest BCUT2D eigenvalue weighted by Crippen LogP contribution is 2.22. The van der Waals surface area contributed by atoms with Gasteiger partial charge in [0, 0.05) is 19.1 Å². The van der Waals surface area contributed by atoms with E-state index in [1.165, 1.54) is 32.1 Å². The van der Waals surface area contributed by atoms with Gasteiger partial charge in [-0.1, -0.05) is 37.3 Å². The number of benzene rings is 1. The second-order valence-corrected chi connectivity index (χ2v) is 8.27. The molecule has 3 rings (SSSR count). The molecule has 2 aromatic rings. The Bertz CT molecular complexity index is 778. The van der Waals surface area contributed by atoms with Crippen LogP contribution < -0.4 is 4.74 Å². The SMILES string of the molecule is C#CCN(Cc1cccc(OCC(O)CN(C)C2CCCCC2)c1)Cc1ccco1. The van der Waals surface area contributed by atoms with Crippen LogP contribution >= 0.6 is 0 Å². The van der Waals surface area contributed by atoms with Crippen LogP contribution in [0.5, 0.6) is 5.75 Å². The molecule has 5 heteroatoms. The van der Waals surface area contributed by atoms with Crippen molar-refractivity contribution in [1.82, 2.24) is 9.80 Å². The van der Waals surface area contributed by atoms with Crippen molar-refractivity contribution in [3.05, 3.63) is 54.0 Å². The number of furan rings is 1. The van der Waals surface area contributed by atoms with Gasteiger partial charge in [0.1, 0.15) is 24.2 Å². The third-order valence-electron chi connectivity index (χ3n) is 5.72. The van der Waals surface area contributed by atoms with Crippen molar-refractivity contribution in [2.75, 3.05) is 26.7 Å². The number of nitrogens with zero attached hydrogens (tertiary/aromatic N) is 2. The highest BCUT2D eigenvalue weighted by atomic mass is 16.5. The predicted octanol–water partition coefficient (Wildman–Crippen LogP) is 3.92. The average Bonchev–Trinajstić information content (AvgIpc) is 3.26. The number of hydrogen-bond donors (Lipinski definition) is 1. The van der Waals surface area contributed by atoms with Gasteiger partial charge < -0.3 is 19.2 Å². The molecule has 0 bridgehead atoms. The smallest absolute Gasteiger partial charge is 0.119 e. The Morgan fingerprint density at radius 1 is 1.20 bits per heavy atom. The monoisotopic (exact) mass is 410 g/mol. The summed E-state index contributed by atoms with van der Waals surface area (Å²) in [6.07, 6.45) is 13.1. The molecule has 1 aliphatic rings. The van der Waals surface area contributed by atoms with Gasteiger partial charge in [-0.25, -0.2) is 0 Å². The topological polar surface area (TPSA) is 49.1 Å². The van der Waals surface area contributed by atoms with Gasteiger partial charge >= 0.3 is 0 Å². The van der Waals surface area contributed by atoms with E-state index < -0.39 is 6.10 Å². The van der Waals surface area contributed by atoms with Crippen LogP contribution in [0.25, 0.3) is 0 Å². The third kappa shape index (κ3) is 7.21. The van der Waals surface area contributed by atoms with Crippen molar-refractivity contribution in [2.24, 2.45) is 0 Å². The number of hydrogen-bond acceptors (Lipinski definition) is 5. The fourth-order valence-corrected chi connectivity index (χ4v) is 4.16. The van der Waals surface area contributed by atoms with E-state index in [9.17, 15) is 5.11 Å². The van der Waals surface area contributed by atoms with Crippen LogP contribution in [0.15, 0.2) is 47.1 Å². The van der Waals surface area contributed by atoms with E-state index in [0.717, 1.165) is 17.1 Å². The lowest BCUT2D eigenvalue weighted by Crippen LogP contribution is -2.40. The molecule has 0 aliphatic heterocycles. The van der Waals surface area contributed by atoms with E-state index in [1.54, 1.807) is 6.26 Å². The van der Waals surface area contributed by atoms with Gasteiger partial charge in [0.25, 0.3) is 0 Å². The maximum atomic E-state index is 10.4. The Hall–Kier alpha value is -2.26. The van der Waals surface area contributed by atoms with E-state index in [1.807, 2.05) is 30.3 Å². The lowest BCUT2D eigenvalue weighted by molar-refractivity contribution is 0.0561. The molecule has 1 aromatic heterocycles. The minimum Gasteiger partial charge on any atom is -0.491 e. The molecule has 162 valence electrons. The molecule has 1 atom stereocenters. The van der Waals surface area contributed by atoms with Crippen LogP contribution in [0.1, 0.15) is 43.4 Å². The van der Waals surface area contributed by atoms with Crippen LogP contribution in [0.4, 0.5) is 0 Å². The number of aliphatic hydroxyl groups excluding tert-OH is 1. The molecule has 0 amide bonds. The van der Waals surface area contributed by atoms with Crippen LogP contribution in [0.2, 0.25) is 0 Å². The van der Waals surface area contributed by atoms with Crippen LogP contribution in [-0.2, 0) is 13.1 Å². The van der Waals surface area contributed by atoms with Gasteiger partial charge in [0.05, 0.1) is 19.4 Å². The first kappa shape index (κ1) is 22.4. The molecular formula is C25H34N2O3. The van der Waals surface area contributed by atoms with E-state index in [-0.39, 0.29) is 0 Å². The lowest BCUT2D eigenvalue weighted by atomic mass is 9.94. The first-order valence-corrected chi connectivity index (χ1v) is 10.9. The summed E-state index contributed by atoms with van der Waals surface area (Å²) >= 11 is 0. The van der Waals surface area contributed by atoms with Gasteiger partial charge in [-0.2, -0.15) is 0 Å². The molecule has 1 aliphatic carbocycles. The number of terminal acetylenes is 1. The standard InChI is InChI=1S/C25H34N2O3/c1-3-14-27(19-25-13-8-15-29-25)17-21-9-7-12-24(16-21)30-20-23(28)18-26(2)22-10-5-4-6-11-22/h1,7-9,12-13,15-16,22-23,28H,4-6,10-11,14,17-20H2,2H3. The summed E-state index contributed by atoms with van der Waals surface area (Å²) in [5, 5.41) is 10.4. The lowest BCUT2D eigenvalue weighted by Gasteiger charge is -2.32. The average molecular weight is 411 g/mol. The Labute approximate surface area is 180 Å². The molecule has 1 heterocycles.